The minimum atomic E-state index is -0.423. The normalized spacial score (nSPS) is 16.2. The van der Waals surface area contributed by atoms with E-state index < -0.39 is 5.95 Å². The molecule has 2 nitrogen and oxygen atoms in total. The molecule has 1 aromatic heterocycles. The first-order valence-corrected chi connectivity index (χ1v) is 4.40. The standard InChI is InChI=1S/C10H11FN2/c11-10-4-3-9(7-13-10)8-2-1-5-12-6-8/h3-4,6-7,12H,1-2,5H2. The number of nitrogens with zero attached hydrogens (tertiary/aromatic N) is 1. The Morgan fingerprint density at radius 1 is 1.38 bits per heavy atom. The van der Waals surface area contributed by atoms with Gasteiger partial charge in [-0.1, -0.05) is 0 Å². The Bertz CT molecular complexity index is 316. The number of nitrogens with one attached hydrogen (secondary N) is 1. The van der Waals surface area contributed by atoms with E-state index in [1.807, 2.05) is 6.20 Å². The maximum absolute atomic E-state index is 12.5. The third kappa shape index (κ3) is 1.86. The van der Waals surface area contributed by atoms with E-state index in [1.165, 1.54) is 11.6 Å². The second-order valence-corrected chi connectivity index (χ2v) is 3.10. The lowest BCUT2D eigenvalue weighted by atomic mass is 10.0. The molecule has 2 heterocycles. The molecule has 0 aromatic carbocycles. The molecule has 1 aliphatic rings. The molecule has 0 saturated carbocycles. The average Bonchev–Trinajstić information content (AvgIpc) is 2.20. The highest BCUT2D eigenvalue weighted by molar-refractivity contribution is 5.64. The summed E-state index contributed by atoms with van der Waals surface area (Å²) < 4.78 is 12.5. The van der Waals surface area contributed by atoms with Gasteiger partial charge in [-0.15, -0.1) is 0 Å². The molecule has 0 fully saturated rings. The summed E-state index contributed by atoms with van der Waals surface area (Å²) in [5.41, 5.74) is 2.22. The summed E-state index contributed by atoms with van der Waals surface area (Å²) in [4.78, 5) is 3.62. The molecule has 68 valence electrons. The molecule has 0 aliphatic carbocycles. The smallest absolute Gasteiger partial charge is 0.212 e. The lowest BCUT2D eigenvalue weighted by Crippen LogP contribution is -2.13. The van der Waals surface area contributed by atoms with Crippen molar-refractivity contribution in [2.75, 3.05) is 6.54 Å². The van der Waals surface area contributed by atoms with Crippen LogP contribution in [0.3, 0.4) is 0 Å². The van der Waals surface area contributed by atoms with Crippen molar-refractivity contribution in [1.29, 1.82) is 0 Å². The van der Waals surface area contributed by atoms with Gasteiger partial charge in [-0.3, -0.25) is 0 Å². The fourth-order valence-electron chi connectivity index (χ4n) is 1.44. The molecule has 0 saturated heterocycles. The molecule has 0 atom stereocenters. The molecular formula is C10H11FN2. The van der Waals surface area contributed by atoms with Gasteiger partial charge in [0.25, 0.3) is 0 Å². The zero-order valence-electron chi connectivity index (χ0n) is 7.26. The van der Waals surface area contributed by atoms with Crippen molar-refractivity contribution in [3.05, 3.63) is 36.0 Å². The highest BCUT2D eigenvalue weighted by Gasteiger charge is 2.05. The number of halogens is 1. The minimum Gasteiger partial charge on any atom is -0.391 e. The summed E-state index contributed by atoms with van der Waals surface area (Å²) in [5.74, 6) is -0.423. The van der Waals surface area contributed by atoms with E-state index in [9.17, 15) is 4.39 Å². The molecule has 1 N–H and O–H groups in total. The summed E-state index contributed by atoms with van der Waals surface area (Å²) in [6.45, 7) is 1.03. The molecule has 1 aromatic rings. The van der Waals surface area contributed by atoms with Crippen LogP contribution < -0.4 is 5.32 Å². The monoisotopic (exact) mass is 178 g/mol. The van der Waals surface area contributed by atoms with Crippen molar-refractivity contribution in [1.82, 2.24) is 10.3 Å². The molecule has 1 aliphatic heterocycles. The van der Waals surface area contributed by atoms with Crippen LogP contribution >= 0.6 is 0 Å². The van der Waals surface area contributed by atoms with Gasteiger partial charge in [-0.2, -0.15) is 4.39 Å². The number of pyridine rings is 1. The van der Waals surface area contributed by atoms with Crippen LogP contribution in [0.25, 0.3) is 5.57 Å². The Morgan fingerprint density at radius 2 is 2.31 bits per heavy atom. The number of rotatable bonds is 1. The maximum atomic E-state index is 12.5. The molecule has 2 rings (SSSR count). The van der Waals surface area contributed by atoms with Crippen molar-refractivity contribution >= 4 is 5.57 Å². The van der Waals surface area contributed by atoms with E-state index in [0.717, 1.165) is 24.9 Å². The first-order valence-electron chi connectivity index (χ1n) is 4.40. The van der Waals surface area contributed by atoms with Gasteiger partial charge in [-0.25, -0.2) is 4.98 Å². The van der Waals surface area contributed by atoms with Crippen molar-refractivity contribution in [3.63, 3.8) is 0 Å². The van der Waals surface area contributed by atoms with E-state index in [1.54, 1.807) is 12.3 Å². The van der Waals surface area contributed by atoms with Crippen molar-refractivity contribution in [2.24, 2.45) is 0 Å². The summed E-state index contributed by atoms with van der Waals surface area (Å²) in [5, 5.41) is 3.16. The third-order valence-electron chi connectivity index (χ3n) is 2.14. The van der Waals surface area contributed by atoms with Crippen LogP contribution in [0, 0.1) is 5.95 Å². The Balaban J connectivity index is 2.24. The molecule has 3 heteroatoms. The Kier molecular flexibility index (Phi) is 2.25. The van der Waals surface area contributed by atoms with Gasteiger partial charge >= 0.3 is 0 Å². The maximum Gasteiger partial charge on any atom is 0.212 e. The highest BCUT2D eigenvalue weighted by Crippen LogP contribution is 2.20. The fourth-order valence-corrected chi connectivity index (χ4v) is 1.44. The van der Waals surface area contributed by atoms with Gasteiger partial charge < -0.3 is 5.32 Å². The van der Waals surface area contributed by atoms with E-state index in [-0.39, 0.29) is 0 Å². The first kappa shape index (κ1) is 8.23. The van der Waals surface area contributed by atoms with Crippen LogP contribution in [-0.4, -0.2) is 11.5 Å². The molecular weight excluding hydrogens is 167 g/mol. The van der Waals surface area contributed by atoms with Gasteiger partial charge in [0, 0.05) is 18.9 Å². The summed E-state index contributed by atoms with van der Waals surface area (Å²) in [6, 6.07) is 3.16. The SMILES string of the molecule is Fc1ccc(C2=CNCCC2)cn1. The number of allylic oxidation sites excluding steroid dienone is 1. The van der Waals surface area contributed by atoms with E-state index in [2.05, 4.69) is 10.3 Å². The van der Waals surface area contributed by atoms with Crippen molar-refractivity contribution < 1.29 is 4.39 Å². The molecule has 13 heavy (non-hydrogen) atoms. The highest BCUT2D eigenvalue weighted by atomic mass is 19.1. The van der Waals surface area contributed by atoms with E-state index in [4.69, 9.17) is 0 Å². The third-order valence-corrected chi connectivity index (χ3v) is 2.14. The van der Waals surface area contributed by atoms with Crippen LogP contribution in [0.2, 0.25) is 0 Å². The number of hydrogen-bond acceptors (Lipinski definition) is 2. The predicted octanol–water partition coefficient (Wildman–Crippen LogP) is 1.95. The second kappa shape index (κ2) is 3.56. The first-order chi connectivity index (χ1) is 6.36. The van der Waals surface area contributed by atoms with Gasteiger partial charge in [0.15, 0.2) is 0 Å². The average molecular weight is 178 g/mol. The summed E-state index contributed by atoms with van der Waals surface area (Å²) in [6.07, 6.45) is 5.73. The molecule has 0 bridgehead atoms. The largest absolute Gasteiger partial charge is 0.391 e. The van der Waals surface area contributed by atoms with Gasteiger partial charge in [0.2, 0.25) is 5.95 Å². The number of hydrogen-bond donors (Lipinski definition) is 1. The van der Waals surface area contributed by atoms with Crippen LogP contribution in [0.5, 0.6) is 0 Å². The van der Waals surface area contributed by atoms with Crippen molar-refractivity contribution in [2.45, 2.75) is 12.8 Å². The zero-order valence-corrected chi connectivity index (χ0v) is 7.26. The molecule has 0 unspecified atom stereocenters. The summed E-state index contributed by atoms with van der Waals surface area (Å²) in [7, 11) is 0. The molecule has 0 radical (unpaired) electrons. The number of aromatic nitrogens is 1. The minimum absolute atomic E-state index is 0.423. The predicted molar refractivity (Wildman–Crippen MR) is 49.4 cm³/mol. The Hall–Kier alpha value is -1.38. The molecule has 0 amide bonds. The Morgan fingerprint density at radius 3 is 2.92 bits per heavy atom. The van der Waals surface area contributed by atoms with Gasteiger partial charge in [0.1, 0.15) is 0 Å². The fraction of sp³-hybridized carbons (Fsp3) is 0.300. The van der Waals surface area contributed by atoms with Gasteiger partial charge in [0.05, 0.1) is 0 Å². The summed E-state index contributed by atoms with van der Waals surface area (Å²) >= 11 is 0. The van der Waals surface area contributed by atoms with Gasteiger partial charge in [-0.05, 0) is 36.1 Å². The topological polar surface area (TPSA) is 24.9 Å². The lowest BCUT2D eigenvalue weighted by molar-refractivity contribution is 0.583. The quantitative estimate of drug-likeness (QED) is 0.665. The lowest BCUT2D eigenvalue weighted by Gasteiger charge is -2.13. The van der Waals surface area contributed by atoms with Crippen LogP contribution in [0.1, 0.15) is 18.4 Å². The Labute approximate surface area is 76.5 Å². The van der Waals surface area contributed by atoms with Crippen LogP contribution in [0.15, 0.2) is 24.5 Å². The zero-order chi connectivity index (χ0) is 9.10. The van der Waals surface area contributed by atoms with Crippen LogP contribution in [-0.2, 0) is 0 Å². The second-order valence-electron chi connectivity index (χ2n) is 3.10. The van der Waals surface area contributed by atoms with Crippen LogP contribution in [0.4, 0.5) is 4.39 Å². The van der Waals surface area contributed by atoms with E-state index >= 15 is 0 Å². The van der Waals surface area contributed by atoms with E-state index in [0.29, 0.717) is 0 Å². The van der Waals surface area contributed by atoms with Crippen molar-refractivity contribution in [3.8, 4) is 0 Å². The molecule has 0 spiro atoms.